The molecule has 238 valence electrons. The van der Waals surface area contributed by atoms with Crippen LogP contribution in [0.2, 0.25) is 0 Å². The molecular weight excluding hydrogens is 558 g/mol. The second-order valence-corrected chi connectivity index (χ2v) is 11.9. The third-order valence-corrected chi connectivity index (χ3v) is 8.22. The number of nitrogen functional groups attached to an aromatic ring is 1. The van der Waals surface area contributed by atoms with Crippen molar-refractivity contribution >= 4 is 5.69 Å². The lowest BCUT2D eigenvalue weighted by atomic mass is 9.91. The summed E-state index contributed by atoms with van der Waals surface area (Å²) in [6.45, 7) is 11.2. The van der Waals surface area contributed by atoms with E-state index in [4.69, 9.17) is 24.7 Å². The average molecular weight is 608 g/mol. The fraction of sp³-hybridized carbons (Fsp3) is 0.400. The van der Waals surface area contributed by atoms with Gasteiger partial charge < -0.3 is 24.7 Å². The molecule has 0 saturated carbocycles. The van der Waals surface area contributed by atoms with Crippen molar-refractivity contribution in [1.82, 2.24) is 0 Å². The summed E-state index contributed by atoms with van der Waals surface area (Å²) in [5, 5.41) is 0. The Balaban J connectivity index is 1.76. The van der Waals surface area contributed by atoms with Crippen LogP contribution >= 0.6 is 0 Å². The van der Waals surface area contributed by atoms with Crippen LogP contribution in [0.1, 0.15) is 97.9 Å². The number of anilines is 1. The molecule has 0 fully saturated rings. The minimum absolute atomic E-state index is 0.615. The molecule has 0 spiro atoms. The normalized spacial score (nSPS) is 12.4. The molecule has 1 aliphatic carbocycles. The Labute approximate surface area is 269 Å². The molecular formula is C40H49NO4. The fourth-order valence-electron chi connectivity index (χ4n) is 6.12. The minimum atomic E-state index is 0.615. The summed E-state index contributed by atoms with van der Waals surface area (Å²) in [5.74, 6) is 3.74. The SMILES string of the molecule is CCCOc1c2cccc1Cc1cccc(c1OCCC)Cc1c(N)ccc(c1OCCC)Cc1cccc(c1OCCC)C2. The van der Waals surface area contributed by atoms with Gasteiger partial charge in [0.15, 0.2) is 0 Å². The topological polar surface area (TPSA) is 62.9 Å². The molecule has 8 bridgehead atoms. The summed E-state index contributed by atoms with van der Waals surface area (Å²) >= 11 is 0. The molecule has 5 rings (SSSR count). The highest BCUT2D eigenvalue weighted by atomic mass is 16.5. The van der Waals surface area contributed by atoms with Gasteiger partial charge >= 0.3 is 0 Å². The summed E-state index contributed by atoms with van der Waals surface area (Å²) in [4.78, 5) is 0. The minimum Gasteiger partial charge on any atom is -0.493 e. The van der Waals surface area contributed by atoms with Crippen LogP contribution in [-0.2, 0) is 25.7 Å². The van der Waals surface area contributed by atoms with Crippen LogP contribution in [0.5, 0.6) is 23.0 Å². The van der Waals surface area contributed by atoms with Gasteiger partial charge in [0, 0.05) is 36.9 Å². The zero-order valence-electron chi connectivity index (χ0n) is 27.5. The van der Waals surface area contributed by atoms with Gasteiger partial charge in [0.1, 0.15) is 23.0 Å². The van der Waals surface area contributed by atoms with Crippen LogP contribution in [0.25, 0.3) is 0 Å². The molecule has 5 nitrogen and oxygen atoms in total. The van der Waals surface area contributed by atoms with Gasteiger partial charge in [-0.25, -0.2) is 0 Å². The Morgan fingerprint density at radius 3 is 1.09 bits per heavy atom. The summed E-state index contributed by atoms with van der Waals surface area (Å²) in [6, 6.07) is 23.7. The van der Waals surface area contributed by atoms with E-state index in [1.807, 2.05) is 6.07 Å². The van der Waals surface area contributed by atoms with Crippen LogP contribution in [0.3, 0.4) is 0 Å². The van der Waals surface area contributed by atoms with Crippen molar-refractivity contribution in [2.24, 2.45) is 0 Å². The predicted octanol–water partition coefficient (Wildman–Crippen LogP) is 9.10. The maximum absolute atomic E-state index is 6.75. The van der Waals surface area contributed by atoms with E-state index in [9.17, 15) is 0 Å². The van der Waals surface area contributed by atoms with Crippen LogP contribution < -0.4 is 24.7 Å². The maximum atomic E-state index is 6.75. The fourth-order valence-corrected chi connectivity index (χ4v) is 6.12. The first-order valence-electron chi connectivity index (χ1n) is 16.8. The molecule has 0 aliphatic heterocycles. The lowest BCUT2D eigenvalue weighted by Crippen LogP contribution is -2.11. The number of para-hydroxylation sites is 3. The van der Waals surface area contributed by atoms with Crippen molar-refractivity contribution in [2.75, 3.05) is 32.2 Å². The van der Waals surface area contributed by atoms with E-state index >= 15 is 0 Å². The maximum Gasteiger partial charge on any atom is 0.128 e. The van der Waals surface area contributed by atoms with Crippen molar-refractivity contribution < 1.29 is 18.9 Å². The van der Waals surface area contributed by atoms with Crippen LogP contribution in [0.4, 0.5) is 5.69 Å². The highest BCUT2D eigenvalue weighted by molar-refractivity contribution is 5.62. The Bertz CT molecular complexity index is 1580. The molecule has 0 radical (unpaired) electrons. The van der Waals surface area contributed by atoms with E-state index in [-0.39, 0.29) is 0 Å². The van der Waals surface area contributed by atoms with E-state index in [2.05, 4.69) is 88.4 Å². The van der Waals surface area contributed by atoms with Crippen molar-refractivity contribution in [1.29, 1.82) is 0 Å². The molecule has 0 atom stereocenters. The first kappa shape index (κ1) is 32.3. The molecule has 0 saturated heterocycles. The second-order valence-electron chi connectivity index (χ2n) is 11.9. The molecule has 4 aromatic rings. The Morgan fingerprint density at radius 2 is 0.733 bits per heavy atom. The lowest BCUT2D eigenvalue weighted by Gasteiger charge is -2.23. The van der Waals surface area contributed by atoms with Gasteiger partial charge in [-0.2, -0.15) is 0 Å². The quantitative estimate of drug-likeness (QED) is 0.143. The highest BCUT2D eigenvalue weighted by Gasteiger charge is 2.22. The van der Waals surface area contributed by atoms with Crippen LogP contribution in [-0.4, -0.2) is 26.4 Å². The molecule has 2 N–H and O–H groups in total. The Kier molecular flexibility index (Phi) is 11.3. The summed E-state index contributed by atoms with van der Waals surface area (Å²) < 4.78 is 26.1. The Morgan fingerprint density at radius 1 is 0.422 bits per heavy atom. The zero-order valence-corrected chi connectivity index (χ0v) is 27.5. The summed E-state index contributed by atoms with van der Waals surface area (Å²) in [6.07, 6.45) is 6.42. The molecule has 0 heterocycles. The molecule has 5 heteroatoms. The molecule has 4 aromatic carbocycles. The first-order chi connectivity index (χ1) is 22.1. The number of nitrogens with two attached hydrogens (primary N) is 1. The van der Waals surface area contributed by atoms with Gasteiger partial charge in [-0.15, -0.1) is 0 Å². The largest absolute Gasteiger partial charge is 0.493 e. The van der Waals surface area contributed by atoms with Crippen molar-refractivity contribution in [3.05, 3.63) is 111 Å². The van der Waals surface area contributed by atoms with Gasteiger partial charge in [0.2, 0.25) is 0 Å². The molecule has 45 heavy (non-hydrogen) atoms. The number of ether oxygens (including phenoxy) is 4. The van der Waals surface area contributed by atoms with Crippen LogP contribution in [0.15, 0.2) is 66.7 Å². The molecule has 0 amide bonds. The third kappa shape index (κ3) is 7.58. The van der Waals surface area contributed by atoms with E-state index in [0.717, 1.165) is 93.3 Å². The number of rotatable bonds is 12. The van der Waals surface area contributed by atoms with Crippen LogP contribution in [0, 0.1) is 0 Å². The van der Waals surface area contributed by atoms with E-state index in [0.29, 0.717) is 52.1 Å². The van der Waals surface area contributed by atoms with Crippen molar-refractivity contribution in [3.63, 3.8) is 0 Å². The Hall–Kier alpha value is -4.12. The van der Waals surface area contributed by atoms with E-state index < -0.39 is 0 Å². The van der Waals surface area contributed by atoms with Gasteiger partial charge in [-0.1, -0.05) is 88.4 Å². The standard InChI is InChI=1S/C40H49NO4/c1-5-20-42-37-28-12-9-13-30(37)25-31-16-11-17-33(39(31)44-22-7-3)27-35-36(41)19-18-34(40(35)45-23-8-4)26-32-15-10-14-29(24-28)38(32)43-21-6-2/h9-19H,5-8,20-27,41H2,1-4H3. The first-order valence-corrected chi connectivity index (χ1v) is 16.8. The summed E-state index contributed by atoms with van der Waals surface area (Å²) in [7, 11) is 0. The van der Waals surface area contributed by atoms with Gasteiger partial charge in [0.25, 0.3) is 0 Å². The van der Waals surface area contributed by atoms with E-state index in [1.165, 1.54) is 5.56 Å². The third-order valence-electron chi connectivity index (χ3n) is 8.22. The predicted molar refractivity (Wildman–Crippen MR) is 185 cm³/mol. The summed E-state index contributed by atoms with van der Waals surface area (Å²) in [5.41, 5.74) is 16.5. The van der Waals surface area contributed by atoms with Gasteiger partial charge in [-0.05, 0) is 70.7 Å². The smallest absolute Gasteiger partial charge is 0.128 e. The number of fused-ring (bicyclic) bond motifs is 8. The molecule has 0 aromatic heterocycles. The van der Waals surface area contributed by atoms with Gasteiger partial charge in [0.05, 0.1) is 26.4 Å². The van der Waals surface area contributed by atoms with E-state index in [1.54, 1.807) is 0 Å². The second kappa shape index (κ2) is 15.7. The number of hydrogen-bond donors (Lipinski definition) is 1. The highest BCUT2D eigenvalue weighted by Crippen LogP contribution is 2.40. The zero-order chi connectivity index (χ0) is 31.6. The molecule has 0 unspecified atom stereocenters. The van der Waals surface area contributed by atoms with Gasteiger partial charge in [-0.3, -0.25) is 0 Å². The average Bonchev–Trinajstić information content (AvgIpc) is 3.04. The van der Waals surface area contributed by atoms with Crippen molar-refractivity contribution in [2.45, 2.75) is 79.1 Å². The molecule has 1 aliphatic rings. The monoisotopic (exact) mass is 607 g/mol. The number of hydrogen-bond acceptors (Lipinski definition) is 5. The van der Waals surface area contributed by atoms with Crippen molar-refractivity contribution in [3.8, 4) is 23.0 Å². The lowest BCUT2D eigenvalue weighted by molar-refractivity contribution is 0.305. The number of benzene rings is 4.